The molecule has 1 unspecified atom stereocenters. The largest absolute Gasteiger partial charge is 0.147 e. The van der Waals surface area contributed by atoms with Gasteiger partial charge in [0.05, 0.1) is 0 Å². The molecule has 0 spiro atoms. The summed E-state index contributed by atoms with van der Waals surface area (Å²) in [4.78, 5) is 0.330. The Hall–Kier alpha value is -0.740. The summed E-state index contributed by atoms with van der Waals surface area (Å²) in [6.45, 7) is 0. The van der Waals surface area contributed by atoms with E-state index in [1.165, 1.54) is 5.56 Å². The number of hydrogen-bond donors (Lipinski definition) is 0. The SMILES string of the molecule is BrC(Cc1nncs1)c1ccccc1. The zero-order valence-corrected chi connectivity index (χ0v) is 9.83. The molecule has 0 bridgehead atoms. The zero-order valence-electron chi connectivity index (χ0n) is 7.43. The first-order valence-corrected chi connectivity index (χ1v) is 6.10. The predicted octanol–water partition coefficient (Wildman–Crippen LogP) is 3.22. The number of nitrogens with zero attached hydrogens (tertiary/aromatic N) is 2. The molecule has 14 heavy (non-hydrogen) atoms. The van der Waals surface area contributed by atoms with E-state index in [-0.39, 0.29) is 0 Å². The average Bonchev–Trinajstić information content (AvgIpc) is 2.72. The highest BCUT2D eigenvalue weighted by atomic mass is 79.9. The molecule has 0 amide bonds. The molecule has 0 fully saturated rings. The highest BCUT2D eigenvalue weighted by Gasteiger charge is 2.09. The van der Waals surface area contributed by atoms with Gasteiger partial charge >= 0.3 is 0 Å². The molecule has 1 aromatic heterocycles. The van der Waals surface area contributed by atoms with Crippen LogP contribution in [-0.4, -0.2) is 10.2 Å². The highest BCUT2D eigenvalue weighted by molar-refractivity contribution is 9.09. The smallest absolute Gasteiger partial charge is 0.118 e. The summed E-state index contributed by atoms with van der Waals surface area (Å²) in [5.41, 5.74) is 3.04. The molecule has 2 rings (SSSR count). The lowest BCUT2D eigenvalue weighted by Gasteiger charge is -2.06. The van der Waals surface area contributed by atoms with Gasteiger partial charge in [-0.3, -0.25) is 0 Å². The lowest BCUT2D eigenvalue weighted by Crippen LogP contribution is -1.94. The second kappa shape index (κ2) is 4.66. The Morgan fingerprint density at radius 1 is 1.29 bits per heavy atom. The van der Waals surface area contributed by atoms with Crippen LogP contribution in [0, 0.1) is 0 Å². The number of rotatable bonds is 3. The van der Waals surface area contributed by atoms with Crippen molar-refractivity contribution in [3.8, 4) is 0 Å². The fourth-order valence-corrected chi connectivity index (χ4v) is 2.62. The van der Waals surface area contributed by atoms with Crippen molar-refractivity contribution in [1.29, 1.82) is 0 Å². The van der Waals surface area contributed by atoms with Crippen molar-refractivity contribution in [1.82, 2.24) is 10.2 Å². The molecule has 0 radical (unpaired) electrons. The molecule has 1 aromatic carbocycles. The van der Waals surface area contributed by atoms with Crippen LogP contribution < -0.4 is 0 Å². The predicted molar refractivity (Wildman–Crippen MR) is 61.7 cm³/mol. The third-order valence-corrected chi connectivity index (χ3v) is 3.49. The molecule has 1 heterocycles. The van der Waals surface area contributed by atoms with Gasteiger partial charge in [0.2, 0.25) is 0 Å². The van der Waals surface area contributed by atoms with Crippen molar-refractivity contribution < 1.29 is 0 Å². The third-order valence-electron chi connectivity index (χ3n) is 1.92. The van der Waals surface area contributed by atoms with Crippen molar-refractivity contribution in [2.45, 2.75) is 11.2 Å². The van der Waals surface area contributed by atoms with E-state index in [0.29, 0.717) is 4.83 Å². The molecular weight excluding hydrogens is 260 g/mol. The first kappa shape index (κ1) is 9.80. The molecular formula is C10H9BrN2S. The first-order valence-electron chi connectivity index (χ1n) is 4.30. The third kappa shape index (κ3) is 2.39. The fourth-order valence-electron chi connectivity index (χ4n) is 1.22. The molecule has 1 atom stereocenters. The Morgan fingerprint density at radius 2 is 2.07 bits per heavy atom. The van der Waals surface area contributed by atoms with Gasteiger partial charge < -0.3 is 0 Å². The molecule has 2 aromatic rings. The van der Waals surface area contributed by atoms with Gasteiger partial charge in [-0.25, -0.2) is 0 Å². The summed E-state index contributed by atoms with van der Waals surface area (Å²) in [7, 11) is 0. The summed E-state index contributed by atoms with van der Waals surface area (Å²) in [5, 5.41) is 8.90. The van der Waals surface area contributed by atoms with Crippen molar-refractivity contribution >= 4 is 27.3 Å². The van der Waals surface area contributed by atoms with Gasteiger partial charge in [-0.15, -0.1) is 21.5 Å². The van der Waals surface area contributed by atoms with E-state index < -0.39 is 0 Å². The lowest BCUT2D eigenvalue weighted by molar-refractivity contribution is 0.897. The molecule has 0 saturated carbocycles. The van der Waals surface area contributed by atoms with Crippen molar-refractivity contribution in [2.75, 3.05) is 0 Å². The summed E-state index contributed by atoms with van der Waals surface area (Å²) >= 11 is 5.24. The van der Waals surface area contributed by atoms with Crippen molar-refractivity contribution in [2.24, 2.45) is 0 Å². The molecule has 0 N–H and O–H groups in total. The van der Waals surface area contributed by atoms with Crippen LogP contribution in [0.5, 0.6) is 0 Å². The lowest BCUT2D eigenvalue weighted by atomic mass is 10.1. The fraction of sp³-hybridized carbons (Fsp3) is 0.200. The maximum absolute atomic E-state index is 4.02. The van der Waals surface area contributed by atoms with Crippen LogP contribution >= 0.6 is 27.3 Å². The normalized spacial score (nSPS) is 12.6. The molecule has 0 aliphatic heterocycles. The zero-order chi connectivity index (χ0) is 9.80. The topological polar surface area (TPSA) is 25.8 Å². The maximum atomic E-state index is 4.02. The average molecular weight is 269 g/mol. The van der Waals surface area contributed by atoms with Gasteiger partial charge in [-0.1, -0.05) is 46.3 Å². The van der Waals surface area contributed by atoms with Gasteiger partial charge in [0.15, 0.2) is 0 Å². The molecule has 0 aliphatic rings. The first-order chi connectivity index (χ1) is 6.86. The van der Waals surface area contributed by atoms with Gasteiger partial charge in [0.25, 0.3) is 0 Å². The highest BCUT2D eigenvalue weighted by Crippen LogP contribution is 2.26. The van der Waals surface area contributed by atoms with E-state index in [9.17, 15) is 0 Å². The Balaban J connectivity index is 2.07. The number of alkyl halides is 1. The quantitative estimate of drug-likeness (QED) is 0.799. The summed E-state index contributed by atoms with van der Waals surface area (Å²) in [5.74, 6) is 0. The Bertz CT molecular complexity index is 374. The number of benzene rings is 1. The van der Waals surface area contributed by atoms with Crippen molar-refractivity contribution in [3.63, 3.8) is 0 Å². The standard InChI is InChI=1S/C10H9BrN2S/c11-9(6-10-13-12-7-14-10)8-4-2-1-3-5-8/h1-5,7,9H,6H2. The van der Waals surface area contributed by atoms with E-state index in [0.717, 1.165) is 11.4 Å². The van der Waals surface area contributed by atoms with E-state index in [4.69, 9.17) is 0 Å². The van der Waals surface area contributed by atoms with E-state index in [1.54, 1.807) is 16.8 Å². The summed E-state index contributed by atoms with van der Waals surface area (Å²) < 4.78 is 0. The molecule has 72 valence electrons. The number of halogens is 1. The summed E-state index contributed by atoms with van der Waals surface area (Å²) in [6.07, 6.45) is 0.898. The minimum atomic E-state index is 0.330. The van der Waals surface area contributed by atoms with Crippen LogP contribution in [0.15, 0.2) is 35.8 Å². The monoisotopic (exact) mass is 268 g/mol. The molecule has 0 aliphatic carbocycles. The van der Waals surface area contributed by atoms with E-state index >= 15 is 0 Å². The van der Waals surface area contributed by atoms with E-state index in [1.807, 2.05) is 18.2 Å². The minimum Gasteiger partial charge on any atom is -0.147 e. The molecule has 4 heteroatoms. The van der Waals surface area contributed by atoms with Gasteiger partial charge in [-0.2, -0.15) is 0 Å². The maximum Gasteiger partial charge on any atom is 0.118 e. The second-order valence-corrected chi connectivity index (χ2v) is 4.94. The van der Waals surface area contributed by atoms with Crippen molar-refractivity contribution in [3.05, 3.63) is 46.4 Å². The van der Waals surface area contributed by atoms with Gasteiger partial charge in [-0.05, 0) is 5.56 Å². The van der Waals surface area contributed by atoms with Gasteiger partial charge in [0, 0.05) is 11.2 Å². The summed E-state index contributed by atoms with van der Waals surface area (Å²) in [6, 6.07) is 10.3. The van der Waals surface area contributed by atoms with Crippen LogP contribution in [-0.2, 0) is 6.42 Å². The van der Waals surface area contributed by atoms with E-state index in [2.05, 4.69) is 38.3 Å². The van der Waals surface area contributed by atoms with Crippen LogP contribution in [0.2, 0.25) is 0 Å². The van der Waals surface area contributed by atoms with Crippen LogP contribution in [0.3, 0.4) is 0 Å². The number of aromatic nitrogens is 2. The van der Waals surface area contributed by atoms with Gasteiger partial charge in [0.1, 0.15) is 10.5 Å². The Kier molecular flexibility index (Phi) is 3.26. The van der Waals surface area contributed by atoms with Crippen LogP contribution in [0.4, 0.5) is 0 Å². The van der Waals surface area contributed by atoms with Crippen LogP contribution in [0.1, 0.15) is 15.4 Å². The second-order valence-electron chi connectivity index (χ2n) is 2.91. The molecule has 2 nitrogen and oxygen atoms in total. The minimum absolute atomic E-state index is 0.330. The Labute approximate surface area is 95.1 Å². The number of hydrogen-bond acceptors (Lipinski definition) is 3. The van der Waals surface area contributed by atoms with Crippen LogP contribution in [0.25, 0.3) is 0 Å². The Morgan fingerprint density at radius 3 is 2.71 bits per heavy atom. The molecule has 0 saturated heterocycles.